The third-order valence-electron chi connectivity index (χ3n) is 3.69. The van der Waals surface area contributed by atoms with Crippen LogP contribution in [0.15, 0.2) is 49.1 Å². The number of aromatic nitrogens is 2. The fraction of sp³-hybridized carbons (Fsp3) is 0.350. The van der Waals surface area contributed by atoms with Crippen LogP contribution in [0.1, 0.15) is 31.9 Å². The molecule has 0 saturated carbocycles. The van der Waals surface area contributed by atoms with Crippen molar-refractivity contribution in [1.82, 2.24) is 9.55 Å². The van der Waals surface area contributed by atoms with Crippen LogP contribution in [0.4, 0.5) is 0 Å². The zero-order valence-corrected chi connectivity index (χ0v) is 16.3. The van der Waals surface area contributed by atoms with E-state index in [2.05, 4.69) is 4.98 Å². The van der Waals surface area contributed by atoms with Gasteiger partial charge in [0.25, 0.3) is 0 Å². The number of esters is 2. The number of ether oxygens (including phenoxy) is 2. The van der Waals surface area contributed by atoms with Gasteiger partial charge in [0, 0.05) is 25.0 Å². The van der Waals surface area contributed by atoms with Gasteiger partial charge in [0.05, 0.1) is 6.33 Å². The molecule has 0 radical (unpaired) electrons. The number of hydrogen-bond acceptors (Lipinski definition) is 5. The summed E-state index contributed by atoms with van der Waals surface area (Å²) in [7, 11) is 0. The fourth-order valence-electron chi connectivity index (χ4n) is 2.11. The Balaban J connectivity index is 1.76. The molecule has 1 unspecified atom stereocenters. The summed E-state index contributed by atoms with van der Waals surface area (Å²) in [6, 6.07) is 7.74. The van der Waals surface area contributed by atoms with Gasteiger partial charge in [-0.1, -0.05) is 45.0 Å². The molecule has 0 aliphatic rings. The van der Waals surface area contributed by atoms with E-state index < -0.39 is 29.5 Å². The first-order valence-corrected chi connectivity index (χ1v) is 8.89. The Bertz CT molecular complexity index is 777. The van der Waals surface area contributed by atoms with Crippen molar-refractivity contribution in [3.05, 3.63) is 60.2 Å². The van der Waals surface area contributed by atoms with Crippen molar-refractivity contribution < 1.29 is 19.1 Å². The molecule has 7 heteroatoms. The van der Waals surface area contributed by atoms with Gasteiger partial charge in [-0.15, -0.1) is 11.6 Å². The smallest absolute Gasteiger partial charge is 0.333 e. The number of carbonyl (C=O) groups excluding carboxylic acids is 2. The van der Waals surface area contributed by atoms with Gasteiger partial charge in [0.15, 0.2) is 0 Å². The molecular formula is C20H23ClN2O4. The molecule has 27 heavy (non-hydrogen) atoms. The van der Waals surface area contributed by atoms with Crippen LogP contribution < -0.4 is 0 Å². The Morgan fingerprint density at radius 1 is 1.22 bits per heavy atom. The van der Waals surface area contributed by atoms with E-state index in [4.69, 9.17) is 21.1 Å². The van der Waals surface area contributed by atoms with Crippen LogP contribution in [0.3, 0.4) is 0 Å². The number of hydrogen-bond donors (Lipinski definition) is 0. The second-order valence-electron chi connectivity index (χ2n) is 7.08. The highest BCUT2D eigenvalue weighted by molar-refractivity contribution is 6.30. The highest BCUT2D eigenvalue weighted by Crippen LogP contribution is 2.25. The van der Waals surface area contributed by atoms with Crippen molar-refractivity contribution in [3.8, 4) is 0 Å². The van der Waals surface area contributed by atoms with Gasteiger partial charge in [-0.2, -0.15) is 0 Å². The minimum absolute atomic E-state index is 0.438. The topological polar surface area (TPSA) is 70.4 Å². The average Bonchev–Trinajstić information content (AvgIpc) is 3.12. The van der Waals surface area contributed by atoms with Crippen LogP contribution in [0.5, 0.6) is 0 Å². The molecule has 0 amide bonds. The molecule has 0 spiro atoms. The van der Waals surface area contributed by atoms with E-state index in [1.807, 2.05) is 55.8 Å². The van der Waals surface area contributed by atoms with Gasteiger partial charge in [-0.3, -0.25) is 4.79 Å². The summed E-state index contributed by atoms with van der Waals surface area (Å²) < 4.78 is 11.7. The third kappa shape index (κ3) is 6.90. The summed E-state index contributed by atoms with van der Waals surface area (Å²) in [5, 5.41) is -0.812. The van der Waals surface area contributed by atoms with Gasteiger partial charge in [0.2, 0.25) is 6.79 Å². The van der Waals surface area contributed by atoms with Crippen LogP contribution in [0.25, 0.3) is 6.08 Å². The molecule has 0 bridgehead atoms. The quantitative estimate of drug-likeness (QED) is 0.312. The van der Waals surface area contributed by atoms with Crippen LogP contribution in [-0.2, 0) is 25.6 Å². The lowest BCUT2D eigenvalue weighted by molar-refractivity contribution is -0.164. The molecular weight excluding hydrogens is 368 g/mol. The van der Waals surface area contributed by atoms with Gasteiger partial charge < -0.3 is 14.0 Å². The molecule has 1 heterocycles. The summed E-state index contributed by atoms with van der Waals surface area (Å²) in [5.41, 5.74) is 1.54. The maximum atomic E-state index is 11.7. The van der Waals surface area contributed by atoms with E-state index in [1.54, 1.807) is 18.6 Å². The monoisotopic (exact) mass is 390 g/mol. The average molecular weight is 391 g/mol. The molecule has 6 nitrogen and oxygen atoms in total. The number of carbonyl (C=O) groups is 2. The summed E-state index contributed by atoms with van der Waals surface area (Å²) in [6.07, 6.45) is 8.29. The maximum Gasteiger partial charge on any atom is 0.333 e. The lowest BCUT2D eigenvalue weighted by Gasteiger charge is -2.22. The van der Waals surface area contributed by atoms with Gasteiger partial charge in [-0.05, 0) is 22.6 Å². The van der Waals surface area contributed by atoms with E-state index in [9.17, 15) is 9.59 Å². The third-order valence-corrected chi connectivity index (χ3v) is 4.52. The zero-order valence-electron chi connectivity index (χ0n) is 15.6. The number of benzene rings is 1. The lowest BCUT2D eigenvalue weighted by atomic mass is 9.92. The Morgan fingerprint density at radius 3 is 2.52 bits per heavy atom. The van der Waals surface area contributed by atoms with Gasteiger partial charge >= 0.3 is 11.9 Å². The number of halogens is 1. The van der Waals surface area contributed by atoms with E-state index in [0.29, 0.717) is 0 Å². The van der Waals surface area contributed by atoms with Crippen molar-refractivity contribution in [1.29, 1.82) is 0 Å². The van der Waals surface area contributed by atoms with Gasteiger partial charge in [-0.25, -0.2) is 9.78 Å². The number of alkyl halides is 1. The predicted molar refractivity (Wildman–Crippen MR) is 103 cm³/mol. The molecule has 2 aromatic rings. The SMILES string of the molecule is CC(C)(C)C(Cl)C(=O)OCOC(=O)/C=C/c1ccc(Cn2ccnc2)cc1. The normalized spacial score (nSPS) is 12.7. The largest absolute Gasteiger partial charge is 0.427 e. The molecule has 0 saturated heterocycles. The number of rotatable bonds is 7. The molecule has 0 aliphatic heterocycles. The van der Waals surface area contributed by atoms with Crippen molar-refractivity contribution in [2.45, 2.75) is 32.7 Å². The van der Waals surface area contributed by atoms with Gasteiger partial charge in [0.1, 0.15) is 5.38 Å². The highest BCUT2D eigenvalue weighted by atomic mass is 35.5. The first kappa shape index (κ1) is 20.7. The maximum absolute atomic E-state index is 11.7. The molecule has 0 aliphatic carbocycles. The van der Waals surface area contributed by atoms with Crippen LogP contribution in [-0.4, -0.2) is 33.7 Å². The second-order valence-corrected chi connectivity index (χ2v) is 7.52. The Hall–Kier alpha value is -2.60. The summed E-state index contributed by atoms with van der Waals surface area (Å²) >= 11 is 5.99. The van der Waals surface area contributed by atoms with Crippen molar-refractivity contribution >= 4 is 29.6 Å². The van der Waals surface area contributed by atoms with Crippen molar-refractivity contribution in [3.63, 3.8) is 0 Å². The molecule has 0 fully saturated rings. The van der Waals surface area contributed by atoms with Crippen LogP contribution in [0, 0.1) is 5.41 Å². The number of nitrogens with zero attached hydrogens (tertiary/aromatic N) is 2. The predicted octanol–water partition coefficient (Wildman–Crippen LogP) is 3.64. The second kappa shape index (κ2) is 9.37. The minimum Gasteiger partial charge on any atom is -0.427 e. The highest BCUT2D eigenvalue weighted by Gasteiger charge is 2.30. The fourth-order valence-corrected chi connectivity index (χ4v) is 2.17. The summed E-state index contributed by atoms with van der Waals surface area (Å²) in [5.74, 6) is -1.22. The van der Waals surface area contributed by atoms with E-state index in [0.717, 1.165) is 17.7 Å². The zero-order chi connectivity index (χ0) is 19.9. The molecule has 0 N–H and O–H groups in total. The Kier molecular flexibility index (Phi) is 7.19. The number of imidazole rings is 1. The summed E-state index contributed by atoms with van der Waals surface area (Å²) in [4.78, 5) is 27.4. The Morgan fingerprint density at radius 2 is 1.93 bits per heavy atom. The standard InChI is InChI=1S/C20H23ClN2O4/c1-20(2,3)18(21)19(25)27-14-26-17(24)9-8-15-4-6-16(7-5-15)12-23-11-10-22-13-23/h4-11,13,18H,12,14H2,1-3H3/b9-8+. The lowest BCUT2D eigenvalue weighted by Crippen LogP contribution is -2.31. The van der Waals surface area contributed by atoms with Crippen LogP contribution >= 0.6 is 11.6 Å². The minimum atomic E-state index is -0.812. The summed E-state index contributed by atoms with van der Waals surface area (Å²) in [6.45, 7) is 5.73. The Labute approximate surface area is 163 Å². The molecule has 2 rings (SSSR count). The van der Waals surface area contributed by atoms with Crippen molar-refractivity contribution in [2.24, 2.45) is 5.41 Å². The van der Waals surface area contributed by atoms with E-state index in [-0.39, 0.29) is 0 Å². The van der Waals surface area contributed by atoms with E-state index in [1.165, 1.54) is 6.08 Å². The molecule has 1 atom stereocenters. The van der Waals surface area contributed by atoms with Crippen molar-refractivity contribution in [2.75, 3.05) is 6.79 Å². The molecule has 1 aromatic carbocycles. The first-order valence-electron chi connectivity index (χ1n) is 8.46. The van der Waals surface area contributed by atoms with Crippen LogP contribution in [0.2, 0.25) is 0 Å². The van der Waals surface area contributed by atoms with E-state index >= 15 is 0 Å². The first-order chi connectivity index (χ1) is 12.8. The molecule has 144 valence electrons. The molecule has 1 aromatic heterocycles.